The molecule has 8 nitrogen and oxygen atoms in total. The summed E-state index contributed by atoms with van der Waals surface area (Å²) in [6.07, 6.45) is 8.67. The van der Waals surface area contributed by atoms with E-state index in [0.29, 0.717) is 12.1 Å². The third-order valence-electron chi connectivity index (χ3n) is 4.71. The fraction of sp³-hybridized carbons (Fsp3) is 0.524. The molecule has 0 saturated heterocycles. The molecule has 1 fully saturated rings. The highest BCUT2D eigenvalue weighted by molar-refractivity contribution is 5.68. The fourth-order valence-electron chi connectivity index (χ4n) is 3.29. The number of rotatable bonds is 5. The average molecular weight is 399 g/mol. The highest BCUT2D eigenvalue weighted by Crippen LogP contribution is 2.24. The molecule has 1 aliphatic rings. The van der Waals surface area contributed by atoms with Crippen LogP contribution in [0.15, 0.2) is 30.7 Å². The highest BCUT2D eigenvalue weighted by Gasteiger charge is 2.24. The molecule has 29 heavy (non-hydrogen) atoms. The van der Waals surface area contributed by atoms with Crippen molar-refractivity contribution >= 4 is 11.9 Å². The van der Waals surface area contributed by atoms with E-state index >= 15 is 0 Å². The Balaban J connectivity index is 1.47. The minimum atomic E-state index is -0.474. The van der Waals surface area contributed by atoms with Crippen molar-refractivity contribution in [3.8, 4) is 17.1 Å². The maximum atomic E-state index is 11.9. The van der Waals surface area contributed by atoms with Crippen molar-refractivity contribution in [2.75, 3.05) is 12.4 Å². The molecule has 0 atom stereocenters. The summed E-state index contributed by atoms with van der Waals surface area (Å²) in [6, 6.07) is 4.81. The first-order chi connectivity index (χ1) is 13.8. The van der Waals surface area contributed by atoms with Gasteiger partial charge in [0.2, 0.25) is 0 Å². The second kappa shape index (κ2) is 9.07. The quantitative estimate of drug-likeness (QED) is 0.789. The number of aromatic nitrogens is 3. The molecule has 2 aromatic heterocycles. The van der Waals surface area contributed by atoms with Crippen LogP contribution < -0.4 is 15.4 Å². The molecule has 0 bridgehead atoms. The van der Waals surface area contributed by atoms with Crippen molar-refractivity contribution in [2.45, 2.75) is 64.1 Å². The number of hydrogen-bond donors (Lipinski definition) is 2. The van der Waals surface area contributed by atoms with Crippen molar-refractivity contribution in [2.24, 2.45) is 0 Å². The van der Waals surface area contributed by atoms with Crippen LogP contribution in [-0.2, 0) is 4.74 Å². The maximum Gasteiger partial charge on any atom is 0.407 e. The molecule has 1 saturated carbocycles. The third-order valence-corrected chi connectivity index (χ3v) is 4.71. The van der Waals surface area contributed by atoms with Gasteiger partial charge in [0.1, 0.15) is 11.4 Å². The summed E-state index contributed by atoms with van der Waals surface area (Å²) in [5.74, 6) is 0.840. The van der Waals surface area contributed by atoms with Gasteiger partial charge in [-0.2, -0.15) is 0 Å². The number of methoxy groups -OCH3 is 1. The first kappa shape index (κ1) is 20.8. The highest BCUT2D eigenvalue weighted by atomic mass is 16.6. The summed E-state index contributed by atoms with van der Waals surface area (Å²) < 4.78 is 10.3. The van der Waals surface area contributed by atoms with E-state index in [9.17, 15) is 4.79 Å². The van der Waals surface area contributed by atoms with Gasteiger partial charge in [-0.25, -0.2) is 19.7 Å². The van der Waals surface area contributed by atoms with E-state index in [2.05, 4.69) is 25.6 Å². The van der Waals surface area contributed by atoms with Crippen LogP contribution in [0, 0.1) is 0 Å². The smallest absolute Gasteiger partial charge is 0.407 e. The van der Waals surface area contributed by atoms with Gasteiger partial charge in [-0.05, 0) is 58.6 Å². The second-order valence-electron chi connectivity index (χ2n) is 8.23. The lowest BCUT2D eigenvalue weighted by atomic mass is 9.91. The fourth-order valence-corrected chi connectivity index (χ4v) is 3.29. The van der Waals surface area contributed by atoms with Gasteiger partial charge in [0.25, 0.3) is 0 Å². The Labute approximate surface area is 171 Å². The molecule has 0 unspecified atom stereocenters. The monoisotopic (exact) mass is 399 g/mol. The van der Waals surface area contributed by atoms with Gasteiger partial charge < -0.3 is 20.1 Å². The molecule has 0 aromatic carbocycles. The largest absolute Gasteiger partial charge is 0.467 e. The van der Waals surface area contributed by atoms with E-state index in [0.717, 1.165) is 42.6 Å². The van der Waals surface area contributed by atoms with Crippen LogP contribution in [0.4, 0.5) is 10.6 Å². The molecule has 2 N–H and O–H groups in total. The Kier molecular flexibility index (Phi) is 6.51. The van der Waals surface area contributed by atoms with Crippen molar-refractivity contribution in [3.63, 3.8) is 0 Å². The van der Waals surface area contributed by atoms with Gasteiger partial charge in [0.05, 0.1) is 7.11 Å². The van der Waals surface area contributed by atoms with Crippen LogP contribution >= 0.6 is 0 Å². The standard InChI is InChI=1S/C21H29N5O3/c1-21(2,3)29-20(27)26-17-8-6-16(7-9-17)25-18-10-5-14(11-22-18)15-12-23-19(28-4)24-13-15/h5,10-13,16-17H,6-9H2,1-4H3,(H,22,25)(H,26,27). The molecule has 0 aliphatic heterocycles. The average Bonchev–Trinajstić information content (AvgIpc) is 2.69. The number of carbonyl (C=O) groups excluding carboxylic acids is 1. The van der Waals surface area contributed by atoms with E-state index in [-0.39, 0.29) is 12.1 Å². The number of pyridine rings is 1. The van der Waals surface area contributed by atoms with E-state index in [4.69, 9.17) is 9.47 Å². The van der Waals surface area contributed by atoms with Crippen molar-refractivity contribution in [1.29, 1.82) is 0 Å². The molecule has 8 heteroatoms. The normalized spacial score (nSPS) is 19.3. The molecule has 2 heterocycles. The van der Waals surface area contributed by atoms with Crippen LogP contribution in [0.2, 0.25) is 0 Å². The second-order valence-corrected chi connectivity index (χ2v) is 8.23. The predicted molar refractivity (Wildman–Crippen MR) is 111 cm³/mol. The molecule has 0 radical (unpaired) electrons. The zero-order valence-electron chi connectivity index (χ0n) is 17.4. The first-order valence-electron chi connectivity index (χ1n) is 9.91. The Hall–Kier alpha value is -2.90. The molecule has 1 amide bonds. The van der Waals surface area contributed by atoms with Crippen molar-refractivity contribution in [1.82, 2.24) is 20.3 Å². The van der Waals surface area contributed by atoms with Gasteiger partial charge in [-0.15, -0.1) is 0 Å². The Bertz CT molecular complexity index is 795. The number of anilines is 1. The SMILES string of the molecule is COc1ncc(-c2ccc(NC3CCC(NC(=O)OC(C)(C)C)CC3)nc2)cn1. The lowest BCUT2D eigenvalue weighted by Gasteiger charge is -2.30. The van der Waals surface area contributed by atoms with Gasteiger partial charge >= 0.3 is 12.1 Å². The van der Waals surface area contributed by atoms with E-state index < -0.39 is 5.60 Å². The molecular weight excluding hydrogens is 370 g/mol. The van der Waals surface area contributed by atoms with Crippen molar-refractivity contribution in [3.05, 3.63) is 30.7 Å². The number of ether oxygens (including phenoxy) is 2. The summed E-state index contributed by atoms with van der Waals surface area (Å²) >= 11 is 0. The summed E-state index contributed by atoms with van der Waals surface area (Å²) in [4.78, 5) is 24.7. The summed E-state index contributed by atoms with van der Waals surface area (Å²) in [5, 5.41) is 6.45. The minimum Gasteiger partial charge on any atom is -0.467 e. The Morgan fingerprint density at radius 3 is 2.14 bits per heavy atom. The van der Waals surface area contributed by atoms with E-state index in [1.807, 2.05) is 39.1 Å². The molecule has 2 aromatic rings. The van der Waals surface area contributed by atoms with Crippen LogP contribution in [-0.4, -0.2) is 45.8 Å². The number of nitrogens with zero attached hydrogens (tertiary/aromatic N) is 3. The van der Waals surface area contributed by atoms with Crippen molar-refractivity contribution < 1.29 is 14.3 Å². The first-order valence-corrected chi connectivity index (χ1v) is 9.91. The summed E-state index contributed by atoms with van der Waals surface area (Å²) in [7, 11) is 1.54. The van der Waals surface area contributed by atoms with Crippen LogP contribution in [0.5, 0.6) is 6.01 Å². The topological polar surface area (TPSA) is 98.3 Å². The zero-order valence-corrected chi connectivity index (χ0v) is 17.4. The number of alkyl carbamates (subject to hydrolysis) is 1. The van der Waals surface area contributed by atoms with Gasteiger partial charge in [-0.1, -0.05) is 0 Å². The summed E-state index contributed by atoms with van der Waals surface area (Å²) in [5.41, 5.74) is 1.36. The molecule has 156 valence electrons. The third kappa shape index (κ3) is 6.30. The molecule has 0 spiro atoms. The van der Waals surface area contributed by atoms with Crippen LogP contribution in [0.3, 0.4) is 0 Å². The van der Waals surface area contributed by atoms with E-state index in [1.54, 1.807) is 12.4 Å². The zero-order chi connectivity index (χ0) is 20.9. The Morgan fingerprint density at radius 1 is 0.966 bits per heavy atom. The lowest BCUT2D eigenvalue weighted by molar-refractivity contribution is 0.0492. The minimum absolute atomic E-state index is 0.160. The lowest BCUT2D eigenvalue weighted by Crippen LogP contribution is -2.42. The van der Waals surface area contributed by atoms with Gasteiger partial charge in [0.15, 0.2) is 0 Å². The van der Waals surface area contributed by atoms with Gasteiger partial charge in [0, 0.05) is 41.8 Å². The van der Waals surface area contributed by atoms with Crippen LogP contribution in [0.1, 0.15) is 46.5 Å². The number of amides is 1. The van der Waals surface area contributed by atoms with Gasteiger partial charge in [-0.3, -0.25) is 0 Å². The number of nitrogens with one attached hydrogen (secondary N) is 2. The molecule has 1 aliphatic carbocycles. The number of carbonyl (C=O) groups is 1. The van der Waals surface area contributed by atoms with E-state index in [1.165, 1.54) is 7.11 Å². The number of hydrogen-bond acceptors (Lipinski definition) is 7. The maximum absolute atomic E-state index is 11.9. The predicted octanol–water partition coefficient (Wildman–Crippen LogP) is 3.80. The summed E-state index contributed by atoms with van der Waals surface area (Å²) in [6.45, 7) is 5.61. The Morgan fingerprint density at radius 2 is 1.59 bits per heavy atom. The molecule has 3 rings (SSSR count). The van der Waals surface area contributed by atoms with Crippen LogP contribution in [0.25, 0.3) is 11.1 Å². The molecular formula is C21H29N5O3.